The monoisotopic (exact) mass is 461 g/mol. The van der Waals surface area contributed by atoms with E-state index in [4.69, 9.17) is 9.72 Å². The van der Waals surface area contributed by atoms with Crippen LogP contribution in [0, 0.1) is 11.6 Å². The molecular formula is C27H25F2N3O2. The van der Waals surface area contributed by atoms with Gasteiger partial charge in [0, 0.05) is 31.1 Å². The number of hydrogen-bond donors (Lipinski definition) is 0. The first kappa shape index (κ1) is 22.1. The number of rotatable bonds is 5. The largest absolute Gasteiger partial charge is 0.494 e. The highest BCUT2D eigenvalue weighted by Gasteiger charge is 2.28. The quantitative estimate of drug-likeness (QED) is 0.400. The Morgan fingerprint density at radius 2 is 1.82 bits per heavy atom. The van der Waals surface area contributed by atoms with Crippen LogP contribution in [0.2, 0.25) is 0 Å². The van der Waals surface area contributed by atoms with Gasteiger partial charge in [0.25, 0.3) is 5.91 Å². The van der Waals surface area contributed by atoms with Gasteiger partial charge in [-0.2, -0.15) is 0 Å². The number of para-hydroxylation sites is 2. The summed E-state index contributed by atoms with van der Waals surface area (Å²) in [4.78, 5) is 19.6. The van der Waals surface area contributed by atoms with Gasteiger partial charge in [-0.05, 0) is 60.9 Å². The molecule has 34 heavy (non-hydrogen) atoms. The molecule has 2 heterocycles. The van der Waals surface area contributed by atoms with Gasteiger partial charge in [0.2, 0.25) is 0 Å². The van der Waals surface area contributed by atoms with Gasteiger partial charge >= 0.3 is 0 Å². The number of carbonyl (C=O) groups is 1. The molecule has 174 valence electrons. The molecule has 0 atom stereocenters. The minimum atomic E-state index is -0.547. The van der Waals surface area contributed by atoms with E-state index in [2.05, 4.69) is 4.57 Å². The van der Waals surface area contributed by atoms with Crippen molar-refractivity contribution in [3.05, 3.63) is 95.3 Å². The molecule has 4 aromatic rings. The van der Waals surface area contributed by atoms with Gasteiger partial charge in [0.05, 0.1) is 18.1 Å². The number of benzene rings is 3. The van der Waals surface area contributed by atoms with Crippen molar-refractivity contribution in [1.82, 2.24) is 14.5 Å². The molecule has 0 saturated carbocycles. The predicted molar refractivity (Wildman–Crippen MR) is 126 cm³/mol. The standard InChI is InChI=1S/C27H25F2N3O2/c1-34-25-10-9-20(16-22(25)29)27(33)31-13-11-19(12-14-31)26-30-23-7-2-3-8-24(23)32(26)17-18-5-4-6-21(28)15-18/h2-10,15-16,19H,11-14,17H2,1H3. The number of nitrogens with zero attached hydrogens (tertiary/aromatic N) is 3. The van der Waals surface area contributed by atoms with Gasteiger partial charge < -0.3 is 14.2 Å². The van der Waals surface area contributed by atoms with E-state index in [9.17, 15) is 13.6 Å². The Hall–Kier alpha value is -3.74. The lowest BCUT2D eigenvalue weighted by molar-refractivity contribution is 0.0710. The molecule has 7 heteroatoms. The summed E-state index contributed by atoms with van der Waals surface area (Å²) in [5, 5.41) is 0. The normalized spacial score (nSPS) is 14.5. The number of hydrogen-bond acceptors (Lipinski definition) is 3. The Labute approximate surface area is 196 Å². The first-order valence-corrected chi connectivity index (χ1v) is 11.4. The highest BCUT2D eigenvalue weighted by molar-refractivity contribution is 5.94. The van der Waals surface area contributed by atoms with Crippen LogP contribution in [0.25, 0.3) is 11.0 Å². The van der Waals surface area contributed by atoms with Crippen molar-refractivity contribution in [3.8, 4) is 5.75 Å². The van der Waals surface area contributed by atoms with Gasteiger partial charge in [-0.25, -0.2) is 13.8 Å². The van der Waals surface area contributed by atoms with Crippen LogP contribution < -0.4 is 4.74 Å². The summed E-state index contributed by atoms with van der Waals surface area (Å²) in [6.07, 6.45) is 1.49. The predicted octanol–water partition coefficient (Wildman–Crippen LogP) is 5.39. The number of imidazole rings is 1. The maximum absolute atomic E-state index is 14.1. The molecule has 0 spiro atoms. The number of methoxy groups -OCH3 is 1. The summed E-state index contributed by atoms with van der Waals surface area (Å²) in [5.41, 5.74) is 3.10. The van der Waals surface area contributed by atoms with Gasteiger partial charge in [-0.1, -0.05) is 24.3 Å². The van der Waals surface area contributed by atoms with Crippen LogP contribution >= 0.6 is 0 Å². The number of ether oxygens (including phenoxy) is 1. The molecule has 1 amide bonds. The van der Waals surface area contributed by atoms with Crippen molar-refractivity contribution in [2.75, 3.05) is 20.2 Å². The van der Waals surface area contributed by atoms with Crippen molar-refractivity contribution < 1.29 is 18.3 Å². The van der Waals surface area contributed by atoms with E-state index in [1.54, 1.807) is 23.1 Å². The van der Waals surface area contributed by atoms with Gasteiger partial charge in [0.15, 0.2) is 11.6 Å². The number of aromatic nitrogens is 2. The molecule has 1 aliphatic rings. The minimum Gasteiger partial charge on any atom is -0.494 e. The zero-order valence-electron chi connectivity index (χ0n) is 18.9. The lowest BCUT2D eigenvalue weighted by atomic mass is 9.95. The number of likely N-dealkylation sites (tertiary alicyclic amines) is 1. The number of amides is 1. The second-order valence-electron chi connectivity index (χ2n) is 8.59. The average molecular weight is 462 g/mol. The van der Waals surface area contributed by atoms with Crippen molar-refractivity contribution >= 4 is 16.9 Å². The SMILES string of the molecule is COc1ccc(C(=O)N2CCC(c3nc4ccccc4n3Cc3cccc(F)c3)CC2)cc1F. The fourth-order valence-corrected chi connectivity index (χ4v) is 4.71. The minimum absolute atomic E-state index is 0.118. The summed E-state index contributed by atoms with van der Waals surface area (Å²) in [5.74, 6) is 0.242. The third-order valence-corrected chi connectivity index (χ3v) is 6.46. The first-order chi connectivity index (χ1) is 16.5. The average Bonchev–Trinajstić information content (AvgIpc) is 3.22. The highest BCUT2D eigenvalue weighted by atomic mass is 19.1. The van der Waals surface area contributed by atoms with Crippen molar-refractivity contribution in [3.63, 3.8) is 0 Å². The van der Waals surface area contributed by atoms with E-state index in [0.717, 1.165) is 35.3 Å². The number of carbonyl (C=O) groups excluding carboxylic acids is 1. The maximum Gasteiger partial charge on any atom is 0.253 e. The molecule has 0 aliphatic carbocycles. The van der Waals surface area contributed by atoms with Crippen LogP contribution in [0.5, 0.6) is 5.75 Å². The summed E-state index contributed by atoms with van der Waals surface area (Å²) in [7, 11) is 1.40. The Morgan fingerprint density at radius 3 is 2.56 bits per heavy atom. The van der Waals surface area contributed by atoms with Crippen molar-refractivity contribution in [2.45, 2.75) is 25.3 Å². The molecule has 1 aliphatic heterocycles. The summed E-state index contributed by atoms with van der Waals surface area (Å²) < 4.78 is 35.0. The zero-order chi connectivity index (χ0) is 23.7. The Balaban J connectivity index is 1.36. The van der Waals surface area contributed by atoms with E-state index in [0.29, 0.717) is 25.2 Å². The second-order valence-corrected chi connectivity index (χ2v) is 8.59. The molecule has 1 saturated heterocycles. The fraction of sp³-hybridized carbons (Fsp3) is 0.259. The van der Waals surface area contributed by atoms with E-state index < -0.39 is 5.82 Å². The third-order valence-electron chi connectivity index (χ3n) is 6.46. The van der Waals surface area contributed by atoms with Crippen LogP contribution in [0.4, 0.5) is 8.78 Å². The molecule has 5 nitrogen and oxygen atoms in total. The van der Waals surface area contributed by atoms with Crippen molar-refractivity contribution in [2.24, 2.45) is 0 Å². The van der Waals surface area contributed by atoms with Gasteiger partial charge in [-0.15, -0.1) is 0 Å². The topological polar surface area (TPSA) is 47.4 Å². The van der Waals surface area contributed by atoms with E-state index in [1.807, 2.05) is 30.3 Å². The molecule has 0 radical (unpaired) electrons. The van der Waals surface area contributed by atoms with Gasteiger partial charge in [0.1, 0.15) is 11.6 Å². The molecule has 0 N–H and O–H groups in total. The summed E-state index contributed by atoms with van der Waals surface area (Å²) >= 11 is 0. The number of halogens is 2. The smallest absolute Gasteiger partial charge is 0.253 e. The van der Waals surface area contributed by atoms with Crippen LogP contribution in [0.1, 0.15) is 40.5 Å². The third kappa shape index (κ3) is 4.25. The van der Waals surface area contributed by atoms with Crippen LogP contribution in [-0.2, 0) is 6.54 Å². The van der Waals surface area contributed by atoms with Crippen LogP contribution in [0.15, 0.2) is 66.7 Å². The Kier molecular flexibility index (Phi) is 6.01. The second kappa shape index (κ2) is 9.25. The lowest BCUT2D eigenvalue weighted by Gasteiger charge is -2.32. The molecule has 1 fully saturated rings. The molecule has 0 unspecified atom stereocenters. The fourth-order valence-electron chi connectivity index (χ4n) is 4.71. The van der Waals surface area contributed by atoms with Crippen LogP contribution in [0.3, 0.4) is 0 Å². The highest BCUT2D eigenvalue weighted by Crippen LogP contribution is 2.32. The first-order valence-electron chi connectivity index (χ1n) is 11.4. The molecular weight excluding hydrogens is 436 g/mol. The van der Waals surface area contributed by atoms with E-state index in [-0.39, 0.29) is 23.4 Å². The Morgan fingerprint density at radius 1 is 1.03 bits per heavy atom. The summed E-state index contributed by atoms with van der Waals surface area (Å²) in [6, 6.07) is 18.9. The molecule has 1 aromatic heterocycles. The lowest BCUT2D eigenvalue weighted by Crippen LogP contribution is -2.38. The van der Waals surface area contributed by atoms with Crippen LogP contribution in [-0.4, -0.2) is 40.6 Å². The zero-order valence-corrected chi connectivity index (χ0v) is 18.9. The van der Waals surface area contributed by atoms with E-state index >= 15 is 0 Å². The number of piperidine rings is 1. The van der Waals surface area contributed by atoms with Gasteiger partial charge in [-0.3, -0.25) is 4.79 Å². The Bertz CT molecular complexity index is 1340. The number of fused-ring (bicyclic) bond motifs is 1. The molecule has 0 bridgehead atoms. The maximum atomic E-state index is 14.1. The summed E-state index contributed by atoms with van der Waals surface area (Å²) in [6.45, 7) is 1.64. The van der Waals surface area contributed by atoms with E-state index in [1.165, 1.54) is 25.3 Å². The molecule has 3 aromatic carbocycles. The van der Waals surface area contributed by atoms with Crippen molar-refractivity contribution in [1.29, 1.82) is 0 Å². The molecule has 5 rings (SSSR count).